The smallest absolute Gasteiger partial charge is 0.159 e. The second-order valence-electron chi connectivity index (χ2n) is 6.02. The molecule has 0 amide bonds. The van der Waals surface area contributed by atoms with Crippen molar-refractivity contribution >= 4 is 12.2 Å². The number of hydrogen-bond acceptors (Lipinski definition) is 4. The lowest BCUT2D eigenvalue weighted by Crippen LogP contribution is -1.91. The first kappa shape index (κ1) is 16.8. The number of nitrogens with zero attached hydrogens (tertiary/aromatic N) is 4. The van der Waals surface area contributed by atoms with Crippen LogP contribution in [0.3, 0.4) is 0 Å². The molecule has 4 aromatic rings. The van der Waals surface area contributed by atoms with E-state index in [0.29, 0.717) is 11.4 Å². The quantitative estimate of drug-likeness (QED) is 0.582. The van der Waals surface area contributed by atoms with Crippen molar-refractivity contribution in [1.82, 2.24) is 24.9 Å². The molecule has 3 heterocycles. The van der Waals surface area contributed by atoms with Crippen molar-refractivity contribution in [3.63, 3.8) is 0 Å². The summed E-state index contributed by atoms with van der Waals surface area (Å²) in [5.74, 6) is 0.900. The maximum Gasteiger partial charge on any atom is 0.159 e. The van der Waals surface area contributed by atoms with Crippen LogP contribution in [0.4, 0.5) is 4.39 Å². The molecule has 0 spiro atoms. The number of hydrogen-bond donors (Lipinski definition) is 1. The van der Waals surface area contributed by atoms with Gasteiger partial charge >= 0.3 is 0 Å². The summed E-state index contributed by atoms with van der Waals surface area (Å²) in [6.45, 7) is 1.95. The molecule has 5 nitrogen and oxygen atoms in total. The molecule has 0 bridgehead atoms. The van der Waals surface area contributed by atoms with Crippen LogP contribution in [0.2, 0.25) is 0 Å². The van der Waals surface area contributed by atoms with Crippen LogP contribution in [0, 0.1) is 12.7 Å². The Morgan fingerprint density at radius 2 is 1.81 bits per heavy atom. The molecule has 0 unspecified atom stereocenters. The third-order valence-electron chi connectivity index (χ3n) is 4.03. The summed E-state index contributed by atoms with van der Waals surface area (Å²) in [5.41, 5.74) is 4.13. The van der Waals surface area contributed by atoms with E-state index in [0.717, 1.165) is 28.3 Å². The molecule has 0 aliphatic heterocycles. The highest BCUT2D eigenvalue weighted by Gasteiger charge is 2.10. The predicted octanol–water partition coefficient (Wildman–Crippen LogP) is 4.55. The molecule has 4 rings (SSSR count). The molecule has 0 radical (unpaired) electrons. The Labute approximate surface area is 155 Å². The van der Waals surface area contributed by atoms with Crippen LogP contribution in [0.25, 0.3) is 34.8 Å². The summed E-state index contributed by atoms with van der Waals surface area (Å²) in [4.78, 5) is 20.6. The maximum absolute atomic E-state index is 13.4. The third kappa shape index (κ3) is 3.79. The van der Waals surface area contributed by atoms with Gasteiger partial charge in [-0.1, -0.05) is 18.2 Å². The number of imidazole rings is 1. The van der Waals surface area contributed by atoms with E-state index in [-0.39, 0.29) is 5.82 Å². The van der Waals surface area contributed by atoms with Crippen LogP contribution >= 0.6 is 0 Å². The van der Waals surface area contributed by atoms with E-state index in [1.54, 1.807) is 36.9 Å². The second-order valence-corrected chi connectivity index (χ2v) is 6.02. The van der Waals surface area contributed by atoms with E-state index < -0.39 is 0 Å². The van der Waals surface area contributed by atoms with E-state index in [2.05, 4.69) is 24.9 Å². The van der Waals surface area contributed by atoms with Gasteiger partial charge in [0.2, 0.25) is 0 Å². The van der Waals surface area contributed by atoms with Gasteiger partial charge in [-0.05, 0) is 42.8 Å². The van der Waals surface area contributed by atoms with Crippen molar-refractivity contribution < 1.29 is 4.39 Å². The zero-order chi connectivity index (χ0) is 18.6. The van der Waals surface area contributed by atoms with E-state index in [1.165, 1.54) is 12.1 Å². The lowest BCUT2D eigenvalue weighted by Gasteiger charge is -2.02. The minimum Gasteiger partial charge on any atom is -0.342 e. The SMILES string of the molecule is Cc1[nH]c(/C=C/c2cccnc2)nc1-c1cnc(-c2cccc(F)c2)nc1. The van der Waals surface area contributed by atoms with Gasteiger partial charge in [-0.2, -0.15) is 0 Å². The fourth-order valence-corrected chi connectivity index (χ4v) is 2.72. The number of aromatic amines is 1. The van der Waals surface area contributed by atoms with Crippen LogP contribution in [-0.2, 0) is 0 Å². The Bertz CT molecular complexity index is 1090. The zero-order valence-corrected chi connectivity index (χ0v) is 14.6. The minimum absolute atomic E-state index is 0.312. The van der Waals surface area contributed by atoms with Crippen molar-refractivity contribution in [2.45, 2.75) is 6.92 Å². The summed E-state index contributed by atoms with van der Waals surface area (Å²) in [6.07, 6.45) is 10.8. The molecule has 0 fully saturated rings. The average molecular weight is 357 g/mol. The zero-order valence-electron chi connectivity index (χ0n) is 14.6. The van der Waals surface area contributed by atoms with E-state index in [9.17, 15) is 4.39 Å². The Morgan fingerprint density at radius 3 is 2.56 bits per heavy atom. The summed E-state index contributed by atoms with van der Waals surface area (Å²) in [5, 5.41) is 0. The van der Waals surface area contributed by atoms with Gasteiger partial charge in [-0.15, -0.1) is 0 Å². The molecule has 27 heavy (non-hydrogen) atoms. The van der Waals surface area contributed by atoms with Crippen LogP contribution in [0.5, 0.6) is 0 Å². The van der Waals surface area contributed by atoms with Gasteiger partial charge in [0.1, 0.15) is 11.6 Å². The standard InChI is InChI=1S/C21H16FN5/c1-14-20(27-19(26-14)8-7-15-4-3-9-23-11-15)17-12-24-21(25-13-17)16-5-2-6-18(22)10-16/h2-13H,1H3,(H,26,27)/b8-7+. The molecule has 3 aromatic heterocycles. The van der Waals surface area contributed by atoms with Crippen molar-refractivity contribution in [1.29, 1.82) is 0 Å². The monoisotopic (exact) mass is 357 g/mol. The average Bonchev–Trinajstić information content (AvgIpc) is 3.08. The molecular formula is C21H16FN5. The lowest BCUT2D eigenvalue weighted by molar-refractivity contribution is 0.628. The largest absolute Gasteiger partial charge is 0.342 e. The molecule has 6 heteroatoms. The fraction of sp³-hybridized carbons (Fsp3) is 0.0476. The van der Waals surface area contributed by atoms with E-state index >= 15 is 0 Å². The first-order valence-electron chi connectivity index (χ1n) is 8.42. The van der Waals surface area contributed by atoms with Crippen LogP contribution in [0.1, 0.15) is 17.1 Å². The highest BCUT2D eigenvalue weighted by Crippen LogP contribution is 2.22. The van der Waals surface area contributed by atoms with Crippen molar-refractivity contribution in [2.75, 3.05) is 0 Å². The number of aryl methyl sites for hydroxylation is 1. The normalized spacial score (nSPS) is 11.2. The van der Waals surface area contributed by atoms with Crippen molar-refractivity contribution in [2.24, 2.45) is 0 Å². The number of H-pyrrole nitrogens is 1. The van der Waals surface area contributed by atoms with E-state index in [4.69, 9.17) is 0 Å². The molecule has 0 atom stereocenters. The van der Waals surface area contributed by atoms with Gasteiger partial charge in [-0.3, -0.25) is 4.98 Å². The van der Waals surface area contributed by atoms with Crippen LogP contribution in [0.15, 0.2) is 61.2 Å². The first-order chi connectivity index (χ1) is 13.2. The van der Waals surface area contributed by atoms with Gasteiger partial charge in [0.05, 0.1) is 5.69 Å². The number of nitrogens with one attached hydrogen (secondary N) is 1. The summed E-state index contributed by atoms with van der Waals surface area (Å²) in [6, 6.07) is 10.1. The Morgan fingerprint density at radius 1 is 0.963 bits per heavy atom. The molecule has 132 valence electrons. The topological polar surface area (TPSA) is 67.3 Å². The molecule has 0 aliphatic rings. The molecule has 1 N–H and O–H groups in total. The molecule has 0 aliphatic carbocycles. The molecule has 1 aromatic carbocycles. The van der Waals surface area contributed by atoms with Gasteiger partial charge in [0, 0.05) is 41.6 Å². The van der Waals surface area contributed by atoms with Crippen molar-refractivity contribution in [3.8, 4) is 22.6 Å². The summed E-state index contributed by atoms with van der Waals surface area (Å²) >= 11 is 0. The first-order valence-corrected chi connectivity index (χ1v) is 8.42. The Hall–Kier alpha value is -3.67. The number of aromatic nitrogens is 5. The second kappa shape index (κ2) is 7.29. The number of rotatable bonds is 4. The number of benzene rings is 1. The summed E-state index contributed by atoms with van der Waals surface area (Å²) in [7, 11) is 0. The van der Waals surface area contributed by atoms with Crippen LogP contribution < -0.4 is 0 Å². The Balaban J connectivity index is 1.58. The van der Waals surface area contributed by atoms with E-state index in [1.807, 2.05) is 31.2 Å². The van der Waals surface area contributed by atoms with Crippen molar-refractivity contribution in [3.05, 3.63) is 84.1 Å². The Kier molecular flexibility index (Phi) is 4.53. The van der Waals surface area contributed by atoms with Gasteiger partial charge in [-0.25, -0.2) is 19.3 Å². The van der Waals surface area contributed by atoms with Gasteiger partial charge in [0.25, 0.3) is 0 Å². The minimum atomic E-state index is -0.312. The molecule has 0 saturated heterocycles. The predicted molar refractivity (Wildman–Crippen MR) is 103 cm³/mol. The van der Waals surface area contributed by atoms with Crippen LogP contribution in [-0.4, -0.2) is 24.9 Å². The maximum atomic E-state index is 13.4. The van der Waals surface area contributed by atoms with Gasteiger partial charge in [0.15, 0.2) is 5.82 Å². The third-order valence-corrected chi connectivity index (χ3v) is 4.03. The highest BCUT2D eigenvalue weighted by atomic mass is 19.1. The summed E-state index contributed by atoms with van der Waals surface area (Å²) < 4.78 is 13.4. The number of pyridine rings is 1. The molecular weight excluding hydrogens is 341 g/mol. The highest BCUT2D eigenvalue weighted by molar-refractivity contribution is 5.69. The van der Waals surface area contributed by atoms with Gasteiger partial charge < -0.3 is 4.98 Å². The number of halogens is 1. The fourth-order valence-electron chi connectivity index (χ4n) is 2.72. The molecule has 0 saturated carbocycles. The lowest BCUT2D eigenvalue weighted by atomic mass is 10.2.